The van der Waals surface area contributed by atoms with Gasteiger partial charge in [-0.05, 0) is 92.7 Å². The van der Waals surface area contributed by atoms with Gasteiger partial charge in [-0.15, -0.1) is 0 Å². The van der Waals surface area contributed by atoms with E-state index < -0.39 is 35.5 Å². The van der Waals surface area contributed by atoms with E-state index in [0.29, 0.717) is 24.7 Å². The maximum atomic E-state index is 12.5. The minimum absolute atomic E-state index is 0.0939. The number of para-hydroxylation sites is 1. The predicted molar refractivity (Wildman–Crippen MR) is 172 cm³/mol. The summed E-state index contributed by atoms with van der Waals surface area (Å²) < 4.78 is 0. The first-order chi connectivity index (χ1) is 21.8. The molecular formula is C35H46N4O7. The molecule has 1 heterocycles. The smallest absolute Gasteiger partial charge is 0.326 e. The van der Waals surface area contributed by atoms with Crippen LogP contribution >= 0.6 is 0 Å². The number of nitrogens with zero attached hydrogens (tertiary/aromatic N) is 1. The van der Waals surface area contributed by atoms with Crippen LogP contribution in [0.3, 0.4) is 0 Å². The van der Waals surface area contributed by atoms with Gasteiger partial charge < -0.3 is 35.8 Å². The monoisotopic (exact) mass is 634 g/mol. The second kappa shape index (κ2) is 12.2. The molecule has 11 nitrogen and oxygen atoms in total. The highest BCUT2D eigenvalue weighted by atomic mass is 16.6. The molecule has 3 saturated carbocycles. The fourth-order valence-corrected chi connectivity index (χ4v) is 9.36. The third kappa shape index (κ3) is 5.72. The number of oxime groups is 1. The molecule has 0 aliphatic heterocycles. The lowest BCUT2D eigenvalue weighted by Gasteiger charge is -2.60. The van der Waals surface area contributed by atoms with Crippen LogP contribution in [0.2, 0.25) is 0 Å². The molecule has 11 heteroatoms. The minimum atomic E-state index is -1.17. The van der Waals surface area contributed by atoms with Crippen LogP contribution in [0.25, 0.3) is 10.9 Å². The van der Waals surface area contributed by atoms with Crippen molar-refractivity contribution in [3.63, 3.8) is 0 Å². The molecule has 248 valence electrons. The van der Waals surface area contributed by atoms with Gasteiger partial charge in [0.2, 0.25) is 5.91 Å². The summed E-state index contributed by atoms with van der Waals surface area (Å²) in [6.07, 6.45) is 9.19. The first-order valence-corrected chi connectivity index (χ1v) is 16.5. The van der Waals surface area contributed by atoms with Gasteiger partial charge in [-0.25, -0.2) is 4.79 Å². The lowest BCUT2D eigenvalue weighted by molar-refractivity contribution is -0.164. The Kier molecular flexibility index (Phi) is 8.52. The average Bonchev–Trinajstić information content (AvgIpc) is 3.52. The summed E-state index contributed by atoms with van der Waals surface area (Å²) in [4.78, 5) is 45.1. The SMILES string of the molecule is C[C@]12CC/C(=N/OCC(=O)NCC(=O)N[C@H](Cc3c[nH]c4ccccc34)C(=O)O)C=C1CC[C@@H]1[C@@H]2[C@H](O)C[C@@]2(C)[C@H]1CC[C@]2(C)O. The number of aromatic nitrogens is 1. The summed E-state index contributed by atoms with van der Waals surface area (Å²) in [5.41, 5.74) is 2.49. The number of nitrogens with one attached hydrogen (secondary N) is 3. The molecule has 3 fully saturated rings. The van der Waals surface area contributed by atoms with Gasteiger partial charge in [0.15, 0.2) is 6.61 Å². The number of hydrogen-bond acceptors (Lipinski definition) is 7. The van der Waals surface area contributed by atoms with Crippen LogP contribution in [-0.2, 0) is 25.6 Å². The van der Waals surface area contributed by atoms with E-state index in [1.807, 2.05) is 31.2 Å². The van der Waals surface area contributed by atoms with Crippen LogP contribution in [0.4, 0.5) is 0 Å². The maximum absolute atomic E-state index is 12.5. The van der Waals surface area contributed by atoms with Crippen LogP contribution in [0.15, 0.2) is 47.3 Å². The van der Waals surface area contributed by atoms with Gasteiger partial charge in [0.05, 0.1) is 24.0 Å². The fraction of sp³-hybridized carbons (Fsp3) is 0.600. The van der Waals surface area contributed by atoms with Crippen LogP contribution in [0.5, 0.6) is 0 Å². The number of fused-ring (bicyclic) bond motifs is 6. The molecule has 0 saturated heterocycles. The summed E-state index contributed by atoms with van der Waals surface area (Å²) in [7, 11) is 0. The van der Waals surface area contributed by atoms with E-state index in [4.69, 9.17) is 4.84 Å². The zero-order chi connectivity index (χ0) is 32.9. The molecule has 2 amide bonds. The summed E-state index contributed by atoms with van der Waals surface area (Å²) in [6, 6.07) is 6.37. The highest BCUT2D eigenvalue weighted by Gasteiger charge is 2.64. The normalized spacial score (nSPS) is 35.0. The number of aromatic amines is 1. The Morgan fingerprint density at radius 2 is 1.89 bits per heavy atom. The van der Waals surface area contributed by atoms with Gasteiger partial charge >= 0.3 is 5.97 Å². The molecule has 8 atom stereocenters. The fourth-order valence-electron chi connectivity index (χ4n) is 9.36. The Balaban J connectivity index is 0.998. The maximum Gasteiger partial charge on any atom is 0.326 e. The average molecular weight is 635 g/mol. The van der Waals surface area contributed by atoms with Gasteiger partial charge in [-0.1, -0.05) is 42.8 Å². The standard InChI is InChI=1S/C35H46N4O7/c1-33-12-10-22(15-21(33)8-9-24-25-11-13-35(3,45)34(25,2)16-28(40)31(24)33)39-46-19-30(42)37-18-29(41)38-27(32(43)44)14-20-17-36-26-7-5-4-6-23(20)26/h4-7,15,17,24-25,27-28,31,36,40,45H,8-14,16,18-19H2,1-3H3,(H,37,42)(H,38,41)(H,43,44)/b39-22-/t24-,25-,27+,28+,31+,33-,34-,35-/m0/s1. The van der Waals surface area contributed by atoms with Crippen molar-refractivity contribution in [1.29, 1.82) is 0 Å². The molecule has 6 rings (SSSR count). The van der Waals surface area contributed by atoms with Gasteiger partial charge in [-0.3, -0.25) is 9.59 Å². The molecule has 0 radical (unpaired) electrons. The van der Waals surface area contributed by atoms with Crippen molar-refractivity contribution in [2.45, 2.75) is 89.9 Å². The second-order valence-corrected chi connectivity index (χ2v) is 14.6. The molecule has 2 aromatic rings. The highest BCUT2D eigenvalue weighted by molar-refractivity contribution is 5.96. The number of amides is 2. The first-order valence-electron chi connectivity index (χ1n) is 16.5. The van der Waals surface area contributed by atoms with Crippen molar-refractivity contribution < 1.29 is 34.5 Å². The zero-order valence-corrected chi connectivity index (χ0v) is 26.8. The number of aliphatic carboxylic acids is 1. The van der Waals surface area contributed by atoms with Gasteiger partial charge in [0.1, 0.15) is 6.04 Å². The third-order valence-electron chi connectivity index (χ3n) is 12.0. The number of allylic oxidation sites excluding steroid dienone is 2. The van der Waals surface area contributed by atoms with Crippen molar-refractivity contribution in [1.82, 2.24) is 15.6 Å². The van der Waals surface area contributed by atoms with Crippen LogP contribution in [0.1, 0.15) is 71.3 Å². The van der Waals surface area contributed by atoms with Crippen molar-refractivity contribution in [2.24, 2.45) is 33.7 Å². The third-order valence-corrected chi connectivity index (χ3v) is 12.0. The quantitative estimate of drug-likeness (QED) is 0.229. The molecule has 0 bridgehead atoms. The van der Waals surface area contributed by atoms with E-state index in [2.05, 4.69) is 40.7 Å². The lowest BCUT2D eigenvalue weighted by Crippen LogP contribution is -2.59. The number of aliphatic hydroxyl groups is 2. The highest BCUT2D eigenvalue weighted by Crippen LogP contribution is 2.67. The Morgan fingerprint density at radius 3 is 2.67 bits per heavy atom. The van der Waals surface area contributed by atoms with E-state index >= 15 is 0 Å². The molecule has 1 aromatic heterocycles. The molecule has 4 aliphatic rings. The summed E-state index contributed by atoms with van der Waals surface area (Å²) in [5.74, 6) is -1.41. The minimum Gasteiger partial charge on any atom is -0.480 e. The van der Waals surface area contributed by atoms with Crippen LogP contribution in [-0.4, -0.2) is 74.7 Å². The number of carbonyl (C=O) groups is 3. The van der Waals surface area contributed by atoms with Crippen molar-refractivity contribution >= 4 is 34.4 Å². The first kappa shape index (κ1) is 32.2. The molecule has 4 aliphatic carbocycles. The van der Waals surface area contributed by atoms with Crippen molar-refractivity contribution in [3.05, 3.63) is 47.7 Å². The molecule has 0 unspecified atom stereocenters. The second-order valence-electron chi connectivity index (χ2n) is 14.6. The van der Waals surface area contributed by atoms with Crippen LogP contribution < -0.4 is 10.6 Å². The number of carboxylic acid groups (broad SMARTS) is 1. The van der Waals surface area contributed by atoms with E-state index in [1.165, 1.54) is 5.57 Å². The van der Waals surface area contributed by atoms with Gasteiger partial charge in [0.25, 0.3) is 5.91 Å². The molecular weight excluding hydrogens is 588 g/mol. The summed E-state index contributed by atoms with van der Waals surface area (Å²) >= 11 is 0. The van der Waals surface area contributed by atoms with E-state index in [0.717, 1.165) is 54.3 Å². The van der Waals surface area contributed by atoms with Crippen molar-refractivity contribution in [3.8, 4) is 0 Å². The molecule has 1 aromatic carbocycles. The summed E-state index contributed by atoms with van der Waals surface area (Å²) in [5, 5.41) is 42.4. The number of aliphatic hydroxyl groups excluding tert-OH is 1. The lowest BCUT2D eigenvalue weighted by atomic mass is 9.45. The van der Waals surface area contributed by atoms with E-state index in [9.17, 15) is 29.7 Å². The molecule has 46 heavy (non-hydrogen) atoms. The topological polar surface area (TPSA) is 173 Å². The number of benzene rings is 1. The van der Waals surface area contributed by atoms with Crippen molar-refractivity contribution in [2.75, 3.05) is 13.2 Å². The Hall–Kier alpha value is -3.70. The molecule has 0 spiro atoms. The Bertz CT molecular complexity index is 1580. The van der Waals surface area contributed by atoms with Crippen LogP contribution in [0, 0.1) is 28.6 Å². The zero-order valence-electron chi connectivity index (χ0n) is 26.8. The Labute approximate surface area is 268 Å². The number of rotatable bonds is 9. The Morgan fingerprint density at radius 1 is 1.11 bits per heavy atom. The van der Waals surface area contributed by atoms with E-state index in [-0.39, 0.29) is 36.3 Å². The number of carboxylic acids is 1. The van der Waals surface area contributed by atoms with E-state index in [1.54, 1.807) is 6.20 Å². The molecule has 6 N–H and O–H groups in total. The number of carbonyl (C=O) groups excluding carboxylic acids is 2. The van der Waals surface area contributed by atoms with Gasteiger partial charge in [-0.2, -0.15) is 0 Å². The number of hydrogen-bond donors (Lipinski definition) is 6. The van der Waals surface area contributed by atoms with Gasteiger partial charge in [0, 0.05) is 28.9 Å². The predicted octanol–water partition coefficient (Wildman–Crippen LogP) is 3.45. The summed E-state index contributed by atoms with van der Waals surface area (Å²) in [6.45, 7) is 5.61. The number of H-pyrrole nitrogens is 1. The largest absolute Gasteiger partial charge is 0.480 e.